The van der Waals surface area contributed by atoms with Crippen LogP contribution >= 0.6 is 0 Å². The second-order valence-electron chi connectivity index (χ2n) is 10.1. The van der Waals surface area contributed by atoms with Crippen molar-refractivity contribution >= 4 is 11.9 Å². The predicted molar refractivity (Wildman–Crippen MR) is 143 cm³/mol. The van der Waals surface area contributed by atoms with E-state index in [1.54, 1.807) is 24.3 Å². The number of benzene rings is 3. The van der Waals surface area contributed by atoms with Gasteiger partial charge in [0, 0.05) is 0 Å². The summed E-state index contributed by atoms with van der Waals surface area (Å²) >= 11 is 0. The fourth-order valence-electron chi connectivity index (χ4n) is 4.91. The van der Waals surface area contributed by atoms with E-state index >= 15 is 0 Å². The molecule has 0 spiro atoms. The van der Waals surface area contributed by atoms with Crippen LogP contribution in [0.5, 0.6) is 0 Å². The number of carboxylic acid groups (broad SMARTS) is 2. The molecular formula is C31H36O4. The van der Waals surface area contributed by atoms with Crippen molar-refractivity contribution in [2.75, 3.05) is 0 Å². The molecule has 0 heterocycles. The third-order valence-corrected chi connectivity index (χ3v) is 6.48. The van der Waals surface area contributed by atoms with E-state index in [9.17, 15) is 19.8 Å². The van der Waals surface area contributed by atoms with Gasteiger partial charge in [0.1, 0.15) is 0 Å². The fraction of sp³-hybridized carbons (Fsp3) is 0.355. The highest BCUT2D eigenvalue weighted by molar-refractivity contribution is 6.04. The molecule has 4 nitrogen and oxygen atoms in total. The molecule has 184 valence electrons. The zero-order valence-electron chi connectivity index (χ0n) is 21.4. The number of aromatic carboxylic acids is 2. The van der Waals surface area contributed by atoms with Gasteiger partial charge in [-0.3, -0.25) is 0 Å². The number of rotatable bonds is 9. The minimum absolute atomic E-state index is 0.163. The van der Waals surface area contributed by atoms with Crippen molar-refractivity contribution < 1.29 is 19.8 Å². The molecule has 0 aliphatic rings. The Kier molecular flexibility index (Phi) is 8.16. The SMILES string of the molecule is CCCCc1c(C(C)(C)C)cc(CCC)c(-c2ccccc2C(=O)O)c1-c1ccccc1C(=O)O. The van der Waals surface area contributed by atoms with E-state index in [0.29, 0.717) is 11.1 Å². The number of carboxylic acids is 2. The van der Waals surface area contributed by atoms with Gasteiger partial charge in [-0.15, -0.1) is 0 Å². The monoisotopic (exact) mass is 472 g/mol. The van der Waals surface area contributed by atoms with Crippen molar-refractivity contribution in [1.29, 1.82) is 0 Å². The van der Waals surface area contributed by atoms with E-state index in [4.69, 9.17) is 0 Å². The lowest BCUT2D eigenvalue weighted by molar-refractivity contribution is 0.0686. The van der Waals surface area contributed by atoms with Gasteiger partial charge in [-0.25, -0.2) is 9.59 Å². The van der Waals surface area contributed by atoms with Crippen molar-refractivity contribution in [2.45, 2.75) is 72.1 Å². The fourth-order valence-corrected chi connectivity index (χ4v) is 4.91. The van der Waals surface area contributed by atoms with Gasteiger partial charge in [0.25, 0.3) is 0 Å². The lowest BCUT2D eigenvalue weighted by atomic mass is 9.74. The molecule has 0 amide bonds. The largest absolute Gasteiger partial charge is 0.478 e. The number of hydrogen-bond donors (Lipinski definition) is 2. The molecule has 0 aliphatic heterocycles. The van der Waals surface area contributed by atoms with Crippen LogP contribution in [-0.2, 0) is 18.3 Å². The van der Waals surface area contributed by atoms with E-state index < -0.39 is 11.9 Å². The molecule has 0 radical (unpaired) electrons. The molecule has 0 atom stereocenters. The molecule has 2 N–H and O–H groups in total. The van der Waals surface area contributed by atoms with Gasteiger partial charge in [0.15, 0.2) is 0 Å². The Balaban J connectivity index is 2.63. The lowest BCUT2D eigenvalue weighted by Gasteiger charge is -2.30. The first-order chi connectivity index (χ1) is 16.6. The van der Waals surface area contributed by atoms with Crippen molar-refractivity contribution in [3.05, 3.63) is 82.4 Å². The highest BCUT2D eigenvalue weighted by Gasteiger charge is 2.29. The minimum Gasteiger partial charge on any atom is -0.478 e. The van der Waals surface area contributed by atoms with Crippen LogP contribution in [0.1, 0.15) is 91.3 Å². The first-order valence-corrected chi connectivity index (χ1v) is 12.5. The standard InChI is InChI=1S/C31H36O4/c1-6-8-14-25-26(31(3,4)5)19-20(13-7-2)27(21-15-9-11-17-23(21)29(32)33)28(25)22-16-10-12-18-24(22)30(34)35/h9-12,15-19H,6-8,13-14H2,1-5H3,(H,32,33)(H,34,35). The summed E-state index contributed by atoms with van der Waals surface area (Å²) in [5.74, 6) is -1.98. The van der Waals surface area contributed by atoms with Crippen LogP contribution in [0.3, 0.4) is 0 Å². The van der Waals surface area contributed by atoms with Crippen LogP contribution in [0.4, 0.5) is 0 Å². The molecule has 0 saturated heterocycles. The van der Waals surface area contributed by atoms with Crippen LogP contribution in [0.15, 0.2) is 54.6 Å². The summed E-state index contributed by atoms with van der Waals surface area (Å²) in [6.45, 7) is 10.8. The van der Waals surface area contributed by atoms with E-state index in [-0.39, 0.29) is 16.5 Å². The highest BCUT2D eigenvalue weighted by atomic mass is 16.4. The molecule has 3 aromatic carbocycles. The van der Waals surface area contributed by atoms with Gasteiger partial charge in [-0.1, -0.05) is 89.9 Å². The van der Waals surface area contributed by atoms with Crippen LogP contribution < -0.4 is 0 Å². The molecule has 0 bridgehead atoms. The second-order valence-corrected chi connectivity index (χ2v) is 10.1. The maximum atomic E-state index is 12.3. The molecule has 0 fully saturated rings. The lowest BCUT2D eigenvalue weighted by Crippen LogP contribution is -2.18. The zero-order chi connectivity index (χ0) is 25.8. The summed E-state index contributed by atoms with van der Waals surface area (Å²) in [5, 5.41) is 20.2. The normalized spacial score (nSPS) is 11.5. The molecule has 4 heteroatoms. The van der Waals surface area contributed by atoms with Crippen molar-refractivity contribution in [1.82, 2.24) is 0 Å². The summed E-state index contributed by atoms with van der Waals surface area (Å²) in [6.07, 6.45) is 4.41. The van der Waals surface area contributed by atoms with Gasteiger partial charge in [0.2, 0.25) is 0 Å². The van der Waals surface area contributed by atoms with Gasteiger partial charge in [-0.05, 0) is 75.8 Å². The summed E-state index contributed by atoms with van der Waals surface area (Å²) in [4.78, 5) is 24.6. The molecule has 3 rings (SSSR count). The Morgan fingerprint density at radius 3 is 1.71 bits per heavy atom. The van der Waals surface area contributed by atoms with Crippen molar-refractivity contribution in [2.24, 2.45) is 0 Å². The first-order valence-electron chi connectivity index (χ1n) is 12.5. The summed E-state index contributed by atoms with van der Waals surface area (Å²) in [5.41, 5.74) is 6.64. The van der Waals surface area contributed by atoms with Gasteiger partial charge >= 0.3 is 11.9 Å². The average Bonchev–Trinajstić information content (AvgIpc) is 2.82. The summed E-state index contributed by atoms with van der Waals surface area (Å²) < 4.78 is 0. The van der Waals surface area contributed by atoms with Gasteiger partial charge in [0.05, 0.1) is 11.1 Å². The maximum absolute atomic E-state index is 12.3. The Morgan fingerprint density at radius 2 is 1.26 bits per heavy atom. The topological polar surface area (TPSA) is 74.6 Å². The molecule has 0 aliphatic carbocycles. The third kappa shape index (κ3) is 5.48. The van der Waals surface area contributed by atoms with Crippen LogP contribution in [-0.4, -0.2) is 22.2 Å². The Labute approximate surface area is 208 Å². The average molecular weight is 473 g/mol. The van der Waals surface area contributed by atoms with E-state index in [1.165, 1.54) is 5.56 Å². The number of unbranched alkanes of at least 4 members (excludes halogenated alkanes) is 1. The van der Waals surface area contributed by atoms with Crippen LogP contribution in [0.2, 0.25) is 0 Å². The van der Waals surface area contributed by atoms with E-state index in [2.05, 4.69) is 40.7 Å². The highest BCUT2D eigenvalue weighted by Crippen LogP contribution is 2.45. The minimum atomic E-state index is -0.990. The molecule has 3 aromatic rings. The Bertz CT molecular complexity index is 1230. The Morgan fingerprint density at radius 1 is 0.743 bits per heavy atom. The van der Waals surface area contributed by atoms with Crippen LogP contribution in [0.25, 0.3) is 22.3 Å². The third-order valence-electron chi connectivity index (χ3n) is 6.48. The number of aryl methyl sites for hydroxylation is 1. The summed E-state index contributed by atoms with van der Waals surface area (Å²) in [7, 11) is 0. The van der Waals surface area contributed by atoms with E-state index in [1.807, 2.05) is 24.3 Å². The van der Waals surface area contributed by atoms with Crippen molar-refractivity contribution in [3.63, 3.8) is 0 Å². The van der Waals surface area contributed by atoms with Crippen molar-refractivity contribution in [3.8, 4) is 22.3 Å². The molecule has 0 aromatic heterocycles. The first kappa shape index (κ1) is 26.2. The Hall–Kier alpha value is -3.40. The smallest absolute Gasteiger partial charge is 0.336 e. The second kappa shape index (κ2) is 10.9. The van der Waals surface area contributed by atoms with Gasteiger partial charge in [-0.2, -0.15) is 0 Å². The van der Waals surface area contributed by atoms with Crippen LogP contribution in [0, 0.1) is 0 Å². The molecule has 0 saturated carbocycles. The number of carbonyl (C=O) groups is 2. The van der Waals surface area contributed by atoms with Gasteiger partial charge < -0.3 is 10.2 Å². The molecular weight excluding hydrogens is 436 g/mol. The zero-order valence-corrected chi connectivity index (χ0v) is 21.4. The maximum Gasteiger partial charge on any atom is 0.336 e. The number of hydrogen-bond acceptors (Lipinski definition) is 2. The summed E-state index contributed by atoms with van der Waals surface area (Å²) in [6, 6.07) is 16.4. The molecule has 0 unspecified atom stereocenters. The quantitative estimate of drug-likeness (QED) is 0.331. The molecule has 35 heavy (non-hydrogen) atoms. The predicted octanol–water partition coefficient (Wildman–Crippen LogP) is 8.01. The van der Waals surface area contributed by atoms with E-state index in [0.717, 1.165) is 54.4 Å².